The predicted octanol–water partition coefficient (Wildman–Crippen LogP) is -1.35. The maximum absolute atomic E-state index is 13.6. The number of nitrogens with two attached hydrogens (primary N) is 3. The normalized spacial score (nSPS) is 17.8. The second-order valence-corrected chi connectivity index (χ2v) is 11.7. The van der Waals surface area contributed by atoms with Crippen molar-refractivity contribution >= 4 is 47.3 Å². The number of aliphatic carboxylic acids is 1. The summed E-state index contributed by atoms with van der Waals surface area (Å²) in [6, 6.07) is -5.32. The summed E-state index contributed by atoms with van der Waals surface area (Å²) in [5.74, 6) is -3.95. The number of unbranched alkanes of at least 4 members (excludes halogenated alkanes) is 1. The van der Waals surface area contributed by atoms with Gasteiger partial charge in [-0.25, -0.2) is 4.79 Å². The number of carbonyl (C=O) groups excluding carboxylic acids is 5. The number of amides is 5. The monoisotopic (exact) mass is 601 g/mol. The van der Waals surface area contributed by atoms with Crippen LogP contribution in [-0.4, -0.2) is 101 Å². The van der Waals surface area contributed by atoms with Crippen LogP contribution in [0.4, 0.5) is 0 Å². The Morgan fingerprint density at radius 1 is 0.976 bits per heavy atom. The summed E-state index contributed by atoms with van der Waals surface area (Å²) < 4.78 is 0. The predicted molar refractivity (Wildman–Crippen MR) is 155 cm³/mol. The van der Waals surface area contributed by atoms with E-state index in [0.29, 0.717) is 50.8 Å². The van der Waals surface area contributed by atoms with Crippen LogP contribution in [0.3, 0.4) is 0 Å². The Labute approximate surface area is 245 Å². The minimum Gasteiger partial charge on any atom is -0.480 e. The van der Waals surface area contributed by atoms with E-state index in [9.17, 15) is 33.9 Å². The highest BCUT2D eigenvalue weighted by molar-refractivity contribution is 7.98. The summed E-state index contributed by atoms with van der Waals surface area (Å²) in [5.41, 5.74) is 16.9. The maximum Gasteiger partial charge on any atom is 0.326 e. The number of carboxylic acids is 1. The van der Waals surface area contributed by atoms with Crippen LogP contribution in [0.1, 0.15) is 65.2 Å². The first-order valence-corrected chi connectivity index (χ1v) is 15.4. The smallest absolute Gasteiger partial charge is 0.326 e. The molecule has 234 valence electrons. The zero-order chi connectivity index (χ0) is 31.1. The molecule has 0 unspecified atom stereocenters. The SMILES string of the molecule is CSCC[C@H](NC(=O)[C@H](CC(N)=O)NC(=O)[C@@H]1CCCN1C(=O)[C@H](CCCCN)NC(=O)[C@@H](N)CC(C)C)C(=O)O. The third-order valence-corrected chi connectivity index (χ3v) is 7.37. The molecule has 10 N–H and O–H groups in total. The molecule has 0 aliphatic carbocycles. The summed E-state index contributed by atoms with van der Waals surface area (Å²) in [6.45, 7) is 4.53. The van der Waals surface area contributed by atoms with Crippen LogP contribution >= 0.6 is 11.8 Å². The van der Waals surface area contributed by atoms with Crippen LogP contribution in [0.15, 0.2) is 0 Å². The van der Waals surface area contributed by atoms with Gasteiger partial charge >= 0.3 is 5.97 Å². The fourth-order valence-corrected chi connectivity index (χ4v) is 5.06. The van der Waals surface area contributed by atoms with Crippen molar-refractivity contribution in [1.29, 1.82) is 0 Å². The highest BCUT2D eigenvalue weighted by atomic mass is 32.2. The molecule has 5 amide bonds. The van der Waals surface area contributed by atoms with Gasteiger partial charge in [-0.1, -0.05) is 13.8 Å². The first kappa shape index (κ1) is 36.1. The number of primary amides is 1. The van der Waals surface area contributed by atoms with Crippen molar-refractivity contribution in [2.24, 2.45) is 23.1 Å². The summed E-state index contributed by atoms with van der Waals surface area (Å²) >= 11 is 1.40. The van der Waals surface area contributed by atoms with Crippen molar-refractivity contribution in [3.63, 3.8) is 0 Å². The van der Waals surface area contributed by atoms with Crippen LogP contribution in [0.2, 0.25) is 0 Å². The Bertz CT molecular complexity index is 921. The minimum atomic E-state index is -1.43. The van der Waals surface area contributed by atoms with Gasteiger partial charge < -0.3 is 43.2 Å². The number of nitrogens with zero attached hydrogens (tertiary/aromatic N) is 1. The number of hydrogen-bond acceptors (Lipinski definition) is 9. The lowest BCUT2D eigenvalue weighted by Crippen LogP contribution is -2.58. The topological polar surface area (TPSA) is 240 Å². The molecule has 0 bridgehead atoms. The summed E-state index contributed by atoms with van der Waals surface area (Å²) in [5, 5.41) is 17.0. The van der Waals surface area contributed by atoms with E-state index in [1.165, 1.54) is 16.7 Å². The van der Waals surface area contributed by atoms with Crippen molar-refractivity contribution in [3.05, 3.63) is 0 Å². The van der Waals surface area contributed by atoms with E-state index >= 15 is 0 Å². The molecule has 0 radical (unpaired) electrons. The molecular weight excluding hydrogens is 554 g/mol. The zero-order valence-electron chi connectivity index (χ0n) is 24.2. The van der Waals surface area contributed by atoms with E-state index < -0.39 is 72.1 Å². The van der Waals surface area contributed by atoms with Gasteiger partial charge in [0.15, 0.2) is 0 Å². The van der Waals surface area contributed by atoms with Crippen LogP contribution in [0, 0.1) is 5.92 Å². The highest BCUT2D eigenvalue weighted by Crippen LogP contribution is 2.20. The average molecular weight is 602 g/mol. The fraction of sp³-hybridized carbons (Fsp3) is 0.769. The van der Waals surface area contributed by atoms with E-state index in [1.807, 2.05) is 13.8 Å². The maximum atomic E-state index is 13.6. The number of nitrogens with one attached hydrogen (secondary N) is 3. The molecule has 0 saturated carbocycles. The van der Waals surface area contributed by atoms with Crippen molar-refractivity contribution < 1.29 is 33.9 Å². The molecule has 0 aromatic heterocycles. The number of carbonyl (C=O) groups is 6. The largest absolute Gasteiger partial charge is 0.480 e. The highest BCUT2D eigenvalue weighted by Gasteiger charge is 2.39. The third-order valence-electron chi connectivity index (χ3n) is 6.73. The van der Waals surface area contributed by atoms with E-state index in [2.05, 4.69) is 16.0 Å². The number of likely N-dealkylation sites (tertiary alicyclic amines) is 1. The van der Waals surface area contributed by atoms with Crippen LogP contribution in [0.25, 0.3) is 0 Å². The van der Waals surface area contributed by atoms with Crippen molar-refractivity contribution in [2.45, 2.75) is 95.4 Å². The molecule has 14 nitrogen and oxygen atoms in total. The van der Waals surface area contributed by atoms with Gasteiger partial charge in [0.1, 0.15) is 24.2 Å². The lowest BCUT2D eigenvalue weighted by molar-refractivity contribution is -0.144. The Hall–Kier alpha value is -2.91. The second-order valence-electron chi connectivity index (χ2n) is 10.7. The van der Waals surface area contributed by atoms with Gasteiger partial charge in [-0.3, -0.25) is 24.0 Å². The zero-order valence-corrected chi connectivity index (χ0v) is 25.0. The molecule has 0 spiro atoms. The molecule has 1 saturated heterocycles. The molecule has 5 atom stereocenters. The van der Waals surface area contributed by atoms with Gasteiger partial charge in [0.05, 0.1) is 12.5 Å². The molecule has 0 aromatic rings. The Morgan fingerprint density at radius 2 is 1.63 bits per heavy atom. The van der Waals surface area contributed by atoms with Crippen LogP contribution in [0.5, 0.6) is 0 Å². The quantitative estimate of drug-likeness (QED) is 0.0858. The molecule has 1 heterocycles. The van der Waals surface area contributed by atoms with Gasteiger partial charge in [-0.05, 0) is 69.4 Å². The Kier molecular flexibility index (Phi) is 16.3. The Balaban J connectivity index is 3.06. The second kappa shape index (κ2) is 18.5. The van der Waals surface area contributed by atoms with E-state index in [-0.39, 0.29) is 18.9 Å². The van der Waals surface area contributed by atoms with E-state index in [4.69, 9.17) is 17.2 Å². The molecule has 0 aromatic carbocycles. The molecule has 1 aliphatic rings. The van der Waals surface area contributed by atoms with Gasteiger partial charge in [-0.15, -0.1) is 0 Å². The number of rotatable bonds is 19. The van der Waals surface area contributed by atoms with Crippen molar-refractivity contribution in [2.75, 3.05) is 25.1 Å². The summed E-state index contributed by atoms with van der Waals surface area (Å²) in [6.07, 6.45) is 4.13. The third kappa shape index (κ3) is 12.6. The molecule has 1 rings (SSSR count). The summed E-state index contributed by atoms with van der Waals surface area (Å²) in [4.78, 5) is 77.1. The standard InChI is InChI=1S/C26H47N7O7S/c1-15(2)13-16(28)22(35)30-17(7-4-5-10-27)25(38)33-11-6-8-20(33)24(37)32-19(14-21(29)34)23(36)31-18(26(39)40)9-12-41-3/h15-20H,4-14,27-28H2,1-3H3,(H2,29,34)(H,30,35)(H,31,36)(H,32,37)(H,39,40)/t16-,17-,18-,19-,20-/m0/s1. The first-order valence-electron chi connectivity index (χ1n) is 14.0. The molecule has 1 fully saturated rings. The molecule has 41 heavy (non-hydrogen) atoms. The Morgan fingerprint density at radius 3 is 2.20 bits per heavy atom. The van der Waals surface area contributed by atoms with E-state index in [0.717, 1.165) is 0 Å². The molecule has 1 aliphatic heterocycles. The lowest BCUT2D eigenvalue weighted by Gasteiger charge is -2.30. The molecular formula is C26H47N7O7S. The van der Waals surface area contributed by atoms with Crippen molar-refractivity contribution in [3.8, 4) is 0 Å². The van der Waals surface area contributed by atoms with Gasteiger partial charge in [0.25, 0.3) is 0 Å². The van der Waals surface area contributed by atoms with Gasteiger partial charge in [0.2, 0.25) is 29.5 Å². The van der Waals surface area contributed by atoms with Crippen LogP contribution < -0.4 is 33.2 Å². The van der Waals surface area contributed by atoms with Gasteiger partial charge in [0, 0.05) is 6.54 Å². The number of thioether (sulfide) groups is 1. The number of carboxylic acid groups (broad SMARTS) is 1. The minimum absolute atomic E-state index is 0.141. The summed E-state index contributed by atoms with van der Waals surface area (Å²) in [7, 11) is 0. The average Bonchev–Trinajstić information content (AvgIpc) is 3.39. The molecule has 15 heteroatoms. The van der Waals surface area contributed by atoms with Crippen LogP contribution in [-0.2, 0) is 28.8 Å². The first-order chi connectivity index (χ1) is 19.3. The fourth-order valence-electron chi connectivity index (χ4n) is 4.59. The van der Waals surface area contributed by atoms with Crippen molar-refractivity contribution in [1.82, 2.24) is 20.9 Å². The number of hydrogen-bond donors (Lipinski definition) is 7. The van der Waals surface area contributed by atoms with Gasteiger partial charge in [-0.2, -0.15) is 11.8 Å². The van der Waals surface area contributed by atoms with E-state index in [1.54, 1.807) is 6.26 Å². The lowest BCUT2D eigenvalue weighted by atomic mass is 10.0.